The van der Waals surface area contributed by atoms with Crippen molar-refractivity contribution in [2.75, 3.05) is 10.4 Å². The van der Waals surface area contributed by atoms with Crippen molar-refractivity contribution in [3.63, 3.8) is 0 Å². The summed E-state index contributed by atoms with van der Waals surface area (Å²) in [6.07, 6.45) is 0.991. The third-order valence-electron chi connectivity index (χ3n) is 8.49. The Morgan fingerprint density at radius 1 is 0.634 bits per heavy atom. The molecule has 0 bridgehead atoms. The summed E-state index contributed by atoms with van der Waals surface area (Å²) in [4.78, 5) is 0. The van der Waals surface area contributed by atoms with Crippen LogP contribution < -0.4 is 10.4 Å². The highest BCUT2D eigenvalue weighted by atomic mass is 79.9. The topological polar surface area (TPSA) is 15.3 Å². The van der Waals surface area contributed by atoms with E-state index in [0.717, 1.165) is 17.8 Å². The monoisotopic (exact) mass is 606 g/mol. The summed E-state index contributed by atoms with van der Waals surface area (Å²) in [6.45, 7) is 0. The standard InChI is InChI=1S/C37H23BrN2S/c38-31-11-6-7-25-19-24-14-13-22(20-29(24)35(25)31)23-15-17-32-30(21-23)36-33(40(39-32)26-8-2-1-3-9-26)18-16-28-27-10-4-5-12-34(27)41-37(28)36/h1-18,20-21,39H,19H2. The lowest BCUT2D eigenvalue weighted by Crippen LogP contribution is -2.28. The summed E-state index contributed by atoms with van der Waals surface area (Å²) < 4.78 is 3.82. The minimum Gasteiger partial charge on any atom is -0.293 e. The zero-order chi connectivity index (χ0) is 27.1. The highest BCUT2D eigenvalue weighted by Crippen LogP contribution is 2.51. The molecule has 1 N–H and O–H groups in total. The molecule has 0 unspecified atom stereocenters. The van der Waals surface area contributed by atoms with Crippen molar-refractivity contribution in [3.05, 3.63) is 137 Å². The van der Waals surface area contributed by atoms with E-state index in [-0.39, 0.29) is 0 Å². The number of hydrogen-bond acceptors (Lipinski definition) is 3. The molecule has 2 nitrogen and oxygen atoms in total. The van der Waals surface area contributed by atoms with Crippen molar-refractivity contribution in [1.82, 2.24) is 0 Å². The van der Waals surface area contributed by atoms with Crippen LogP contribution in [0.4, 0.5) is 17.1 Å². The first-order valence-corrected chi connectivity index (χ1v) is 15.5. The second-order valence-corrected chi connectivity index (χ2v) is 12.7. The van der Waals surface area contributed by atoms with Gasteiger partial charge in [0.15, 0.2) is 0 Å². The number of nitrogens with one attached hydrogen (secondary N) is 1. The second kappa shape index (κ2) is 8.81. The quantitative estimate of drug-likeness (QED) is 0.210. The maximum absolute atomic E-state index is 3.82. The normalized spacial score (nSPS) is 13.0. The zero-order valence-electron chi connectivity index (χ0n) is 22.0. The lowest BCUT2D eigenvalue weighted by molar-refractivity contribution is 1.15. The van der Waals surface area contributed by atoms with Crippen molar-refractivity contribution in [3.8, 4) is 33.4 Å². The molecule has 6 aromatic carbocycles. The Balaban J connectivity index is 1.27. The summed E-state index contributed by atoms with van der Waals surface area (Å²) in [5.41, 5.74) is 17.6. The van der Waals surface area contributed by atoms with E-state index in [1.165, 1.54) is 74.8 Å². The minimum absolute atomic E-state index is 0.991. The van der Waals surface area contributed by atoms with Crippen LogP contribution in [0.3, 0.4) is 0 Å². The van der Waals surface area contributed by atoms with Gasteiger partial charge >= 0.3 is 0 Å². The van der Waals surface area contributed by atoms with Gasteiger partial charge in [-0.1, -0.05) is 88.7 Å². The molecule has 2 heterocycles. The molecule has 0 fully saturated rings. The summed E-state index contributed by atoms with van der Waals surface area (Å²) >= 11 is 5.71. The molecule has 1 aliphatic carbocycles. The van der Waals surface area contributed by atoms with Crippen molar-refractivity contribution in [1.29, 1.82) is 0 Å². The lowest BCUT2D eigenvalue weighted by Gasteiger charge is -2.34. The van der Waals surface area contributed by atoms with Gasteiger partial charge in [0.25, 0.3) is 0 Å². The van der Waals surface area contributed by atoms with Crippen LogP contribution in [0, 0.1) is 0 Å². The highest BCUT2D eigenvalue weighted by molar-refractivity contribution is 9.10. The van der Waals surface area contributed by atoms with Gasteiger partial charge in [-0.25, -0.2) is 0 Å². The smallest absolute Gasteiger partial charge is 0.0724 e. The van der Waals surface area contributed by atoms with Crippen LogP contribution in [0.5, 0.6) is 0 Å². The van der Waals surface area contributed by atoms with E-state index in [2.05, 4.69) is 148 Å². The van der Waals surface area contributed by atoms with Crippen LogP contribution in [-0.4, -0.2) is 0 Å². The highest BCUT2D eigenvalue weighted by Gasteiger charge is 2.27. The number of hydrogen-bond donors (Lipinski definition) is 1. The number of nitrogens with zero attached hydrogens (tertiary/aromatic N) is 1. The van der Waals surface area contributed by atoms with Gasteiger partial charge in [0.05, 0.1) is 17.1 Å². The van der Waals surface area contributed by atoms with E-state index < -0.39 is 0 Å². The lowest BCUT2D eigenvalue weighted by atomic mass is 9.92. The first kappa shape index (κ1) is 23.3. The van der Waals surface area contributed by atoms with Gasteiger partial charge in [0.1, 0.15) is 0 Å². The largest absolute Gasteiger partial charge is 0.293 e. The number of hydrazine groups is 1. The van der Waals surface area contributed by atoms with Crippen molar-refractivity contribution >= 4 is 64.5 Å². The van der Waals surface area contributed by atoms with Gasteiger partial charge in [-0.05, 0) is 88.3 Å². The van der Waals surface area contributed by atoms with E-state index in [1.807, 2.05) is 11.3 Å². The van der Waals surface area contributed by atoms with E-state index >= 15 is 0 Å². The molecule has 4 heteroatoms. The van der Waals surface area contributed by atoms with Crippen molar-refractivity contribution in [2.45, 2.75) is 6.42 Å². The predicted molar refractivity (Wildman–Crippen MR) is 178 cm³/mol. The van der Waals surface area contributed by atoms with Crippen LogP contribution in [0.15, 0.2) is 126 Å². The second-order valence-electron chi connectivity index (χ2n) is 10.8. The molecule has 41 heavy (non-hydrogen) atoms. The Morgan fingerprint density at radius 2 is 1.44 bits per heavy atom. The minimum atomic E-state index is 0.991. The molecule has 0 radical (unpaired) electrons. The third kappa shape index (κ3) is 3.48. The van der Waals surface area contributed by atoms with Crippen LogP contribution in [-0.2, 0) is 6.42 Å². The first-order valence-electron chi connectivity index (χ1n) is 13.8. The van der Waals surface area contributed by atoms with E-state index in [1.54, 1.807) is 0 Å². The van der Waals surface area contributed by atoms with Gasteiger partial charge in [0, 0.05) is 35.8 Å². The number of rotatable bonds is 2. The molecule has 2 aliphatic rings. The third-order valence-corrected chi connectivity index (χ3v) is 10.4. The Labute approximate surface area is 250 Å². The molecule has 194 valence electrons. The summed E-state index contributed by atoms with van der Waals surface area (Å²) in [7, 11) is 0. The van der Waals surface area contributed by atoms with Gasteiger partial charge in [-0.3, -0.25) is 10.4 Å². The molecular weight excluding hydrogens is 584 g/mol. The Hall–Kier alpha value is -4.38. The van der Waals surface area contributed by atoms with Gasteiger partial charge in [0.2, 0.25) is 0 Å². The van der Waals surface area contributed by atoms with E-state index in [4.69, 9.17) is 0 Å². The molecule has 0 saturated carbocycles. The average molecular weight is 608 g/mol. The molecule has 0 saturated heterocycles. The number of thiophene rings is 1. The fourth-order valence-corrected chi connectivity index (χ4v) is 8.46. The molecule has 1 aliphatic heterocycles. The van der Waals surface area contributed by atoms with Crippen LogP contribution in [0.1, 0.15) is 11.1 Å². The number of halogens is 1. The Bertz CT molecular complexity index is 2180. The number of para-hydroxylation sites is 1. The number of anilines is 3. The zero-order valence-corrected chi connectivity index (χ0v) is 24.4. The summed E-state index contributed by atoms with van der Waals surface area (Å²) in [5, 5.41) is 4.86. The molecule has 0 atom stereocenters. The van der Waals surface area contributed by atoms with Gasteiger partial charge in [-0.15, -0.1) is 11.3 Å². The summed E-state index contributed by atoms with van der Waals surface area (Å²) in [6, 6.07) is 44.3. The van der Waals surface area contributed by atoms with Crippen LogP contribution in [0.2, 0.25) is 0 Å². The number of benzene rings is 6. The first-order chi connectivity index (χ1) is 20.2. The molecule has 1 aromatic heterocycles. The Morgan fingerprint density at radius 3 is 2.34 bits per heavy atom. The van der Waals surface area contributed by atoms with Crippen molar-refractivity contribution in [2.24, 2.45) is 0 Å². The molecule has 7 aromatic rings. The van der Waals surface area contributed by atoms with Crippen LogP contribution in [0.25, 0.3) is 53.6 Å². The fraction of sp³-hybridized carbons (Fsp3) is 0.0270. The summed E-state index contributed by atoms with van der Waals surface area (Å²) in [5.74, 6) is 0. The molecule has 0 amide bonds. The predicted octanol–water partition coefficient (Wildman–Crippen LogP) is 11.2. The van der Waals surface area contributed by atoms with Crippen LogP contribution >= 0.6 is 27.3 Å². The maximum atomic E-state index is 3.82. The van der Waals surface area contributed by atoms with Gasteiger partial charge < -0.3 is 0 Å². The maximum Gasteiger partial charge on any atom is 0.0724 e. The Kier molecular flexibility index (Phi) is 5.01. The van der Waals surface area contributed by atoms with E-state index in [0.29, 0.717) is 0 Å². The van der Waals surface area contributed by atoms with E-state index in [9.17, 15) is 0 Å². The molecule has 0 spiro atoms. The van der Waals surface area contributed by atoms with Gasteiger partial charge in [-0.2, -0.15) is 0 Å². The van der Waals surface area contributed by atoms with Crippen molar-refractivity contribution < 1.29 is 0 Å². The average Bonchev–Trinajstić information content (AvgIpc) is 3.59. The number of fused-ring (bicyclic) bond motifs is 10. The fourth-order valence-electron chi connectivity index (χ4n) is 6.58. The SMILES string of the molecule is Brc1cccc2c1-c1cc(-c3ccc4c(c3)-c3c(ccc5c3sc3ccccc35)N(c3ccccc3)N4)ccc1C2. The molecular formula is C37H23BrN2S. The molecule has 9 rings (SSSR count).